The third kappa shape index (κ3) is 6.19. The average Bonchev–Trinajstić information content (AvgIpc) is 2.58. The molecular formula is C20H31ClN2O3S. The van der Waals surface area contributed by atoms with E-state index in [1.165, 1.54) is 4.31 Å². The number of amides is 1. The van der Waals surface area contributed by atoms with Crippen LogP contribution >= 0.6 is 11.6 Å². The minimum atomic E-state index is -3.41. The van der Waals surface area contributed by atoms with E-state index in [1.54, 1.807) is 24.3 Å². The molecule has 1 aliphatic rings. The molecule has 0 aromatic heterocycles. The molecule has 27 heavy (non-hydrogen) atoms. The van der Waals surface area contributed by atoms with Gasteiger partial charge in [0.2, 0.25) is 15.9 Å². The van der Waals surface area contributed by atoms with Gasteiger partial charge in [-0.1, -0.05) is 51.4 Å². The summed E-state index contributed by atoms with van der Waals surface area (Å²) in [6, 6.07) is 7.06. The van der Waals surface area contributed by atoms with Gasteiger partial charge in [0, 0.05) is 30.1 Å². The Kier molecular flexibility index (Phi) is 7.72. The fourth-order valence-electron chi connectivity index (χ4n) is 3.71. The summed E-state index contributed by atoms with van der Waals surface area (Å²) in [6.45, 7) is 9.20. The summed E-state index contributed by atoms with van der Waals surface area (Å²) in [7, 11) is -3.41. The Morgan fingerprint density at radius 3 is 2.30 bits per heavy atom. The normalized spacial score (nSPS) is 17.0. The molecule has 7 heteroatoms. The minimum absolute atomic E-state index is 0.0503. The summed E-state index contributed by atoms with van der Waals surface area (Å²) in [4.78, 5) is 12.6. The summed E-state index contributed by atoms with van der Waals surface area (Å²) in [5.41, 5.74) is 0.680. The number of hydrogen-bond donors (Lipinski definition) is 1. The second kappa shape index (κ2) is 9.39. The van der Waals surface area contributed by atoms with E-state index in [2.05, 4.69) is 33.0 Å². The van der Waals surface area contributed by atoms with Crippen LogP contribution in [-0.4, -0.2) is 37.8 Å². The third-order valence-corrected chi connectivity index (χ3v) is 7.29. The molecule has 1 amide bonds. The number of nitrogens with one attached hydrogen (secondary N) is 1. The molecular weight excluding hydrogens is 384 g/mol. The van der Waals surface area contributed by atoms with Crippen molar-refractivity contribution in [2.45, 2.75) is 52.3 Å². The SMILES string of the molecule is CC(C)C(NC(=O)C1CCN(S(=O)(=O)Cc2cccc(Cl)c2)CC1)C(C)C. The second-order valence-corrected chi connectivity index (χ2v) is 10.5. The first-order chi connectivity index (χ1) is 12.6. The number of halogens is 1. The van der Waals surface area contributed by atoms with Crippen LogP contribution in [0.3, 0.4) is 0 Å². The first-order valence-corrected chi connectivity index (χ1v) is 11.6. The Bertz CT molecular complexity index is 733. The molecule has 0 spiro atoms. The van der Waals surface area contributed by atoms with E-state index in [-0.39, 0.29) is 23.6 Å². The van der Waals surface area contributed by atoms with E-state index in [9.17, 15) is 13.2 Å². The zero-order valence-corrected chi connectivity index (χ0v) is 18.2. The summed E-state index contributed by atoms with van der Waals surface area (Å²) in [6.07, 6.45) is 1.12. The van der Waals surface area contributed by atoms with Crippen molar-refractivity contribution in [2.24, 2.45) is 17.8 Å². The summed E-state index contributed by atoms with van der Waals surface area (Å²) in [5.74, 6) is 0.601. The van der Waals surface area contributed by atoms with Gasteiger partial charge in [0.25, 0.3) is 0 Å². The van der Waals surface area contributed by atoms with Crippen LogP contribution in [-0.2, 0) is 20.6 Å². The van der Waals surface area contributed by atoms with Gasteiger partial charge in [-0.3, -0.25) is 4.79 Å². The lowest BCUT2D eigenvalue weighted by Crippen LogP contribution is -2.48. The number of piperidine rings is 1. The van der Waals surface area contributed by atoms with Gasteiger partial charge in [-0.2, -0.15) is 0 Å². The van der Waals surface area contributed by atoms with Crippen molar-refractivity contribution in [3.05, 3.63) is 34.9 Å². The maximum atomic E-state index is 12.7. The van der Waals surface area contributed by atoms with Crippen molar-refractivity contribution in [3.8, 4) is 0 Å². The van der Waals surface area contributed by atoms with Gasteiger partial charge in [0.1, 0.15) is 0 Å². The largest absolute Gasteiger partial charge is 0.353 e. The Balaban J connectivity index is 1.93. The van der Waals surface area contributed by atoms with E-state index >= 15 is 0 Å². The molecule has 1 N–H and O–H groups in total. The number of carbonyl (C=O) groups excluding carboxylic acids is 1. The standard InChI is InChI=1S/C20H31ClN2O3S/c1-14(2)19(15(3)4)22-20(24)17-8-10-23(11-9-17)27(25,26)13-16-6-5-7-18(21)12-16/h5-7,12,14-15,17,19H,8-11,13H2,1-4H3,(H,22,24). The van der Waals surface area contributed by atoms with Crippen LogP contribution in [0, 0.1) is 17.8 Å². The molecule has 0 aliphatic carbocycles. The summed E-state index contributed by atoms with van der Waals surface area (Å²) >= 11 is 5.95. The van der Waals surface area contributed by atoms with Crippen molar-refractivity contribution in [3.63, 3.8) is 0 Å². The summed E-state index contributed by atoms with van der Waals surface area (Å²) in [5, 5.41) is 3.69. The molecule has 1 aliphatic heterocycles. The van der Waals surface area contributed by atoms with Crippen LogP contribution in [0.5, 0.6) is 0 Å². The maximum absolute atomic E-state index is 12.7. The van der Waals surface area contributed by atoms with Gasteiger partial charge < -0.3 is 5.32 Å². The second-order valence-electron chi connectivity index (χ2n) is 8.08. The Morgan fingerprint density at radius 2 is 1.78 bits per heavy atom. The van der Waals surface area contributed by atoms with Gasteiger partial charge in [0.05, 0.1) is 5.75 Å². The average molecular weight is 415 g/mol. The number of carbonyl (C=O) groups is 1. The highest BCUT2D eigenvalue weighted by Gasteiger charge is 2.32. The van der Waals surface area contributed by atoms with E-state index in [4.69, 9.17) is 11.6 Å². The fraction of sp³-hybridized carbons (Fsp3) is 0.650. The Labute approximate surface area is 168 Å². The Morgan fingerprint density at radius 1 is 1.19 bits per heavy atom. The highest BCUT2D eigenvalue weighted by Crippen LogP contribution is 2.23. The number of nitrogens with zero attached hydrogens (tertiary/aromatic N) is 1. The first kappa shape index (κ1) is 22.2. The third-order valence-electron chi connectivity index (χ3n) is 5.20. The molecule has 1 aromatic rings. The fourth-order valence-corrected chi connectivity index (χ4v) is 5.47. The summed E-state index contributed by atoms with van der Waals surface area (Å²) < 4.78 is 26.9. The van der Waals surface area contributed by atoms with Gasteiger partial charge in [-0.15, -0.1) is 0 Å². The number of benzene rings is 1. The zero-order chi connectivity index (χ0) is 20.2. The highest BCUT2D eigenvalue weighted by atomic mass is 35.5. The van der Waals surface area contributed by atoms with Gasteiger partial charge in [0.15, 0.2) is 0 Å². The minimum Gasteiger partial charge on any atom is -0.353 e. The van der Waals surface area contributed by atoms with E-state index in [0.717, 1.165) is 0 Å². The van der Waals surface area contributed by atoms with Crippen LogP contribution in [0.4, 0.5) is 0 Å². The van der Waals surface area contributed by atoms with Crippen molar-refractivity contribution < 1.29 is 13.2 Å². The zero-order valence-electron chi connectivity index (χ0n) is 16.6. The van der Waals surface area contributed by atoms with Crippen LogP contribution in [0.15, 0.2) is 24.3 Å². The molecule has 0 atom stereocenters. The molecule has 0 radical (unpaired) electrons. The van der Waals surface area contributed by atoms with Crippen molar-refractivity contribution >= 4 is 27.5 Å². The van der Waals surface area contributed by atoms with Crippen molar-refractivity contribution in [2.75, 3.05) is 13.1 Å². The predicted octanol–water partition coefficient (Wildman–Crippen LogP) is 3.68. The van der Waals surface area contributed by atoms with Gasteiger partial charge in [-0.05, 0) is 42.4 Å². The van der Waals surface area contributed by atoms with Crippen molar-refractivity contribution in [1.82, 2.24) is 9.62 Å². The van der Waals surface area contributed by atoms with Crippen LogP contribution < -0.4 is 5.32 Å². The van der Waals surface area contributed by atoms with Gasteiger partial charge >= 0.3 is 0 Å². The maximum Gasteiger partial charge on any atom is 0.223 e. The van der Waals surface area contributed by atoms with Crippen LogP contribution in [0.1, 0.15) is 46.1 Å². The van der Waals surface area contributed by atoms with Gasteiger partial charge in [-0.25, -0.2) is 12.7 Å². The monoisotopic (exact) mass is 414 g/mol. The lowest BCUT2D eigenvalue weighted by atomic mass is 9.91. The first-order valence-electron chi connectivity index (χ1n) is 9.62. The number of hydrogen-bond acceptors (Lipinski definition) is 3. The quantitative estimate of drug-likeness (QED) is 0.740. The molecule has 1 saturated heterocycles. The lowest BCUT2D eigenvalue weighted by Gasteiger charge is -2.33. The lowest BCUT2D eigenvalue weighted by molar-refractivity contribution is -0.127. The van der Waals surface area contributed by atoms with E-state index < -0.39 is 10.0 Å². The number of sulfonamides is 1. The van der Waals surface area contributed by atoms with E-state index in [1.807, 2.05) is 0 Å². The molecule has 1 heterocycles. The molecule has 0 saturated carbocycles. The predicted molar refractivity (Wildman–Crippen MR) is 110 cm³/mol. The molecule has 1 aromatic carbocycles. The highest BCUT2D eigenvalue weighted by molar-refractivity contribution is 7.88. The topological polar surface area (TPSA) is 66.5 Å². The number of rotatable bonds is 7. The molecule has 5 nitrogen and oxygen atoms in total. The Hall–Kier alpha value is -1.11. The molecule has 1 fully saturated rings. The van der Waals surface area contributed by atoms with E-state index in [0.29, 0.717) is 48.4 Å². The van der Waals surface area contributed by atoms with Crippen LogP contribution in [0.2, 0.25) is 5.02 Å². The molecule has 0 unspecified atom stereocenters. The molecule has 2 rings (SSSR count). The van der Waals surface area contributed by atoms with Crippen molar-refractivity contribution in [1.29, 1.82) is 0 Å². The molecule has 0 bridgehead atoms. The molecule has 152 valence electrons. The smallest absolute Gasteiger partial charge is 0.223 e. The van der Waals surface area contributed by atoms with Crippen LogP contribution in [0.25, 0.3) is 0 Å².